The fourth-order valence-corrected chi connectivity index (χ4v) is 2.45. The topological polar surface area (TPSA) is 55.6 Å². The summed E-state index contributed by atoms with van der Waals surface area (Å²) in [6.07, 6.45) is 4.02. The van der Waals surface area contributed by atoms with Crippen molar-refractivity contribution in [3.05, 3.63) is 0 Å². The van der Waals surface area contributed by atoms with E-state index in [0.717, 1.165) is 26.1 Å². The van der Waals surface area contributed by atoms with Gasteiger partial charge < -0.3 is 15.4 Å². The third-order valence-electron chi connectivity index (χ3n) is 3.68. The Hall–Kier alpha value is -0.610. The minimum atomic E-state index is 0.0916. The monoisotopic (exact) mass is 226 g/mol. The maximum Gasteiger partial charge on any atom is 0.224 e. The van der Waals surface area contributed by atoms with Crippen LogP contribution in [0.5, 0.6) is 0 Å². The van der Waals surface area contributed by atoms with Crippen molar-refractivity contribution in [2.45, 2.75) is 31.7 Å². The Morgan fingerprint density at radius 1 is 1.50 bits per heavy atom. The number of nitrogens with two attached hydrogens (primary N) is 1. The molecule has 1 amide bonds. The Kier molecular flexibility index (Phi) is 3.82. The summed E-state index contributed by atoms with van der Waals surface area (Å²) < 4.78 is 5.12. The number of methoxy groups -OCH3 is 1. The van der Waals surface area contributed by atoms with Crippen LogP contribution >= 0.6 is 0 Å². The molecule has 2 aliphatic rings. The van der Waals surface area contributed by atoms with Crippen molar-refractivity contribution in [1.82, 2.24) is 4.90 Å². The molecule has 0 aromatic heterocycles. The van der Waals surface area contributed by atoms with Gasteiger partial charge in [0.15, 0.2) is 0 Å². The first kappa shape index (κ1) is 11.9. The molecule has 2 fully saturated rings. The van der Waals surface area contributed by atoms with Crippen molar-refractivity contribution < 1.29 is 9.53 Å². The summed E-state index contributed by atoms with van der Waals surface area (Å²) in [5.74, 6) is 1.37. The van der Waals surface area contributed by atoms with Crippen LogP contribution in [0.4, 0.5) is 0 Å². The van der Waals surface area contributed by atoms with Gasteiger partial charge in [0.1, 0.15) is 0 Å². The van der Waals surface area contributed by atoms with E-state index >= 15 is 0 Å². The average molecular weight is 226 g/mol. The number of likely N-dealkylation sites (tertiary alicyclic amines) is 1. The van der Waals surface area contributed by atoms with Crippen LogP contribution in [0, 0.1) is 11.8 Å². The van der Waals surface area contributed by atoms with Gasteiger partial charge in [-0.25, -0.2) is 0 Å². The zero-order valence-electron chi connectivity index (χ0n) is 10.0. The first-order chi connectivity index (χ1) is 7.70. The maximum atomic E-state index is 11.9. The number of rotatable bonds is 5. The lowest BCUT2D eigenvalue weighted by molar-refractivity contribution is -0.130. The van der Waals surface area contributed by atoms with Gasteiger partial charge in [0.25, 0.3) is 0 Å². The zero-order chi connectivity index (χ0) is 11.5. The second kappa shape index (κ2) is 5.15. The molecule has 4 nitrogen and oxygen atoms in total. The van der Waals surface area contributed by atoms with Crippen molar-refractivity contribution in [3.63, 3.8) is 0 Å². The normalized spacial score (nSPS) is 27.1. The largest absolute Gasteiger partial charge is 0.384 e. The van der Waals surface area contributed by atoms with E-state index in [1.165, 1.54) is 12.8 Å². The van der Waals surface area contributed by atoms with Crippen LogP contribution in [0.3, 0.4) is 0 Å². The fourth-order valence-electron chi connectivity index (χ4n) is 2.45. The van der Waals surface area contributed by atoms with Gasteiger partial charge in [0, 0.05) is 38.6 Å². The van der Waals surface area contributed by atoms with Crippen LogP contribution in [0.15, 0.2) is 0 Å². The Morgan fingerprint density at radius 3 is 2.88 bits per heavy atom. The smallest absolute Gasteiger partial charge is 0.224 e. The number of hydrogen-bond donors (Lipinski definition) is 1. The van der Waals surface area contributed by atoms with Gasteiger partial charge in [-0.15, -0.1) is 0 Å². The Bertz CT molecular complexity index is 253. The van der Waals surface area contributed by atoms with Gasteiger partial charge in [-0.3, -0.25) is 4.79 Å². The third-order valence-corrected chi connectivity index (χ3v) is 3.68. The molecule has 2 unspecified atom stereocenters. The highest BCUT2D eigenvalue weighted by Crippen LogP contribution is 2.33. The number of hydrogen-bond acceptors (Lipinski definition) is 3. The first-order valence-electron chi connectivity index (χ1n) is 6.23. The Labute approximate surface area is 97.1 Å². The third kappa shape index (κ3) is 2.95. The van der Waals surface area contributed by atoms with E-state index in [1.54, 1.807) is 7.11 Å². The molecule has 1 aliphatic heterocycles. The van der Waals surface area contributed by atoms with Crippen molar-refractivity contribution in [1.29, 1.82) is 0 Å². The van der Waals surface area contributed by atoms with Gasteiger partial charge in [0.05, 0.1) is 6.61 Å². The van der Waals surface area contributed by atoms with Gasteiger partial charge >= 0.3 is 0 Å². The van der Waals surface area contributed by atoms with E-state index < -0.39 is 0 Å². The van der Waals surface area contributed by atoms with E-state index in [1.807, 2.05) is 4.90 Å². The summed E-state index contributed by atoms with van der Waals surface area (Å²) in [5, 5.41) is 0. The predicted octanol–water partition coefficient (Wildman–Crippen LogP) is 0.609. The standard InChI is InChI=1S/C12H22N2O2/c1-16-8-9-4-5-14(7-9)12(15)6-11(13)10-2-3-10/h9-11H,2-8,13H2,1H3. The lowest BCUT2D eigenvalue weighted by Crippen LogP contribution is -2.35. The number of nitrogens with zero attached hydrogens (tertiary/aromatic N) is 1. The van der Waals surface area contributed by atoms with Gasteiger partial charge in [0.2, 0.25) is 5.91 Å². The lowest BCUT2D eigenvalue weighted by atomic mass is 10.1. The highest BCUT2D eigenvalue weighted by molar-refractivity contribution is 5.77. The number of carbonyl (C=O) groups is 1. The summed E-state index contributed by atoms with van der Waals surface area (Å²) >= 11 is 0. The van der Waals surface area contributed by atoms with E-state index in [-0.39, 0.29) is 11.9 Å². The van der Waals surface area contributed by atoms with Crippen molar-refractivity contribution >= 4 is 5.91 Å². The Balaban J connectivity index is 1.73. The molecule has 1 aliphatic carbocycles. The molecule has 4 heteroatoms. The summed E-state index contributed by atoms with van der Waals surface area (Å²) in [4.78, 5) is 13.9. The van der Waals surface area contributed by atoms with E-state index in [4.69, 9.17) is 10.5 Å². The van der Waals surface area contributed by atoms with Gasteiger partial charge in [-0.1, -0.05) is 0 Å². The Morgan fingerprint density at radius 2 is 2.25 bits per heavy atom. The fraction of sp³-hybridized carbons (Fsp3) is 0.917. The quantitative estimate of drug-likeness (QED) is 0.747. The number of ether oxygens (including phenoxy) is 1. The molecule has 92 valence electrons. The average Bonchev–Trinajstić information content (AvgIpc) is 3.00. The molecule has 2 rings (SSSR count). The van der Waals surface area contributed by atoms with Crippen LogP contribution in [-0.4, -0.2) is 43.7 Å². The second-order valence-corrected chi connectivity index (χ2v) is 5.16. The highest BCUT2D eigenvalue weighted by Gasteiger charge is 2.32. The molecular formula is C12H22N2O2. The van der Waals surface area contributed by atoms with Gasteiger partial charge in [-0.2, -0.15) is 0 Å². The number of carbonyl (C=O) groups excluding carboxylic acids is 1. The van der Waals surface area contributed by atoms with Crippen LogP contribution in [0.25, 0.3) is 0 Å². The van der Waals surface area contributed by atoms with Crippen LogP contribution in [0.2, 0.25) is 0 Å². The molecular weight excluding hydrogens is 204 g/mol. The highest BCUT2D eigenvalue weighted by atomic mass is 16.5. The first-order valence-corrected chi connectivity index (χ1v) is 6.23. The van der Waals surface area contributed by atoms with E-state index in [9.17, 15) is 4.79 Å². The maximum absolute atomic E-state index is 11.9. The van der Waals surface area contributed by atoms with E-state index in [2.05, 4.69) is 0 Å². The van der Waals surface area contributed by atoms with Crippen LogP contribution in [-0.2, 0) is 9.53 Å². The molecule has 1 saturated heterocycles. The molecule has 0 spiro atoms. The molecule has 0 radical (unpaired) electrons. The summed E-state index contributed by atoms with van der Waals surface area (Å²) in [5.41, 5.74) is 5.97. The minimum Gasteiger partial charge on any atom is -0.384 e. The zero-order valence-corrected chi connectivity index (χ0v) is 10.0. The molecule has 0 bridgehead atoms. The van der Waals surface area contributed by atoms with E-state index in [0.29, 0.717) is 18.3 Å². The lowest BCUT2D eigenvalue weighted by Gasteiger charge is -2.19. The number of amides is 1. The summed E-state index contributed by atoms with van der Waals surface area (Å²) in [6.45, 7) is 2.49. The van der Waals surface area contributed by atoms with Crippen molar-refractivity contribution in [3.8, 4) is 0 Å². The SMILES string of the molecule is COCC1CCN(C(=O)CC(N)C2CC2)C1. The van der Waals surface area contributed by atoms with Crippen molar-refractivity contribution in [2.75, 3.05) is 26.8 Å². The predicted molar refractivity (Wildman–Crippen MR) is 61.9 cm³/mol. The molecule has 2 atom stereocenters. The second-order valence-electron chi connectivity index (χ2n) is 5.16. The van der Waals surface area contributed by atoms with Gasteiger partial charge in [-0.05, 0) is 25.2 Å². The minimum absolute atomic E-state index is 0.0916. The molecule has 0 aromatic carbocycles. The molecule has 16 heavy (non-hydrogen) atoms. The summed E-state index contributed by atoms with van der Waals surface area (Å²) in [6, 6.07) is 0.0916. The van der Waals surface area contributed by atoms with Crippen molar-refractivity contribution in [2.24, 2.45) is 17.6 Å². The molecule has 1 saturated carbocycles. The summed E-state index contributed by atoms with van der Waals surface area (Å²) in [7, 11) is 1.72. The molecule has 1 heterocycles. The molecule has 2 N–H and O–H groups in total. The van der Waals surface area contributed by atoms with Crippen LogP contribution in [0.1, 0.15) is 25.7 Å². The van der Waals surface area contributed by atoms with Crippen LogP contribution < -0.4 is 5.73 Å². The molecule has 0 aromatic rings.